The molecule has 0 aliphatic rings. The molecule has 6 nitrogen and oxygen atoms in total. The Hall–Kier alpha value is -1.92. The van der Waals surface area contributed by atoms with Gasteiger partial charge in [-0.15, -0.1) is 0 Å². The number of aryl methyl sites for hydroxylation is 1. The number of aromatic nitrogens is 3. The number of esters is 1. The van der Waals surface area contributed by atoms with E-state index >= 15 is 0 Å². The third-order valence-corrected chi connectivity index (χ3v) is 3.43. The van der Waals surface area contributed by atoms with E-state index in [0.717, 1.165) is 0 Å². The van der Waals surface area contributed by atoms with Crippen LogP contribution >= 0.6 is 23.2 Å². The third kappa shape index (κ3) is 3.13. The van der Waals surface area contributed by atoms with Gasteiger partial charge in [-0.25, -0.2) is 19.7 Å². The lowest BCUT2D eigenvalue weighted by Crippen LogP contribution is -2.11. The molecule has 2 aromatic heterocycles. The SMILES string of the molecule is CCOC(=O)c1nc(-c2ccnc(OC)c2Cl)c(C)nc1Cl. The van der Waals surface area contributed by atoms with Crippen molar-refractivity contribution in [3.05, 3.63) is 33.8 Å². The molecule has 0 saturated heterocycles. The van der Waals surface area contributed by atoms with E-state index in [4.69, 9.17) is 32.7 Å². The molecule has 0 amide bonds. The van der Waals surface area contributed by atoms with Crippen LogP contribution in [0.1, 0.15) is 23.1 Å². The molecule has 0 spiro atoms. The Bertz CT molecular complexity index is 723. The Morgan fingerprint density at radius 2 is 2.05 bits per heavy atom. The average molecular weight is 342 g/mol. The molecule has 2 aromatic rings. The summed E-state index contributed by atoms with van der Waals surface area (Å²) in [6, 6.07) is 1.66. The van der Waals surface area contributed by atoms with E-state index in [-0.39, 0.29) is 28.4 Å². The molecule has 22 heavy (non-hydrogen) atoms. The summed E-state index contributed by atoms with van der Waals surface area (Å²) in [5.41, 5.74) is 1.42. The number of halogens is 2. The van der Waals surface area contributed by atoms with Crippen LogP contribution in [0.15, 0.2) is 12.3 Å². The molecular weight excluding hydrogens is 329 g/mol. The number of hydrogen-bond acceptors (Lipinski definition) is 6. The van der Waals surface area contributed by atoms with Gasteiger partial charge in [-0.2, -0.15) is 0 Å². The van der Waals surface area contributed by atoms with E-state index in [1.54, 1.807) is 19.9 Å². The van der Waals surface area contributed by atoms with Crippen LogP contribution in [0.2, 0.25) is 10.2 Å². The predicted octanol–water partition coefficient (Wildman–Crippen LogP) is 3.34. The van der Waals surface area contributed by atoms with E-state index in [0.29, 0.717) is 17.0 Å². The first-order valence-electron chi connectivity index (χ1n) is 6.39. The molecule has 0 unspecified atom stereocenters. The Balaban J connectivity index is 2.61. The number of methoxy groups -OCH3 is 1. The predicted molar refractivity (Wildman–Crippen MR) is 82.5 cm³/mol. The zero-order chi connectivity index (χ0) is 16.3. The Kier molecular flexibility index (Phi) is 5.15. The summed E-state index contributed by atoms with van der Waals surface area (Å²) in [4.78, 5) is 24.3. The van der Waals surface area contributed by atoms with Crippen LogP contribution in [0, 0.1) is 6.92 Å². The van der Waals surface area contributed by atoms with Crippen molar-refractivity contribution < 1.29 is 14.3 Å². The Morgan fingerprint density at radius 3 is 2.68 bits per heavy atom. The minimum absolute atomic E-state index is 0.0168. The molecule has 0 atom stereocenters. The second-order valence-electron chi connectivity index (χ2n) is 4.20. The first-order valence-corrected chi connectivity index (χ1v) is 7.15. The summed E-state index contributed by atoms with van der Waals surface area (Å²) in [7, 11) is 1.46. The van der Waals surface area contributed by atoms with Gasteiger partial charge < -0.3 is 9.47 Å². The van der Waals surface area contributed by atoms with Crippen LogP contribution < -0.4 is 4.74 Å². The van der Waals surface area contributed by atoms with Gasteiger partial charge >= 0.3 is 5.97 Å². The molecule has 0 aromatic carbocycles. The highest BCUT2D eigenvalue weighted by molar-refractivity contribution is 6.34. The Morgan fingerprint density at radius 1 is 1.32 bits per heavy atom. The van der Waals surface area contributed by atoms with Crippen LogP contribution in [0.3, 0.4) is 0 Å². The van der Waals surface area contributed by atoms with Crippen molar-refractivity contribution in [3.8, 4) is 17.1 Å². The Labute approximate surface area is 137 Å². The molecule has 0 radical (unpaired) electrons. The van der Waals surface area contributed by atoms with Gasteiger partial charge in [0.25, 0.3) is 0 Å². The van der Waals surface area contributed by atoms with Gasteiger partial charge in [0.05, 0.1) is 25.1 Å². The van der Waals surface area contributed by atoms with E-state index < -0.39 is 5.97 Å². The molecule has 0 fully saturated rings. The molecule has 0 saturated carbocycles. The molecule has 0 aliphatic heterocycles. The van der Waals surface area contributed by atoms with E-state index in [1.807, 2.05) is 0 Å². The van der Waals surface area contributed by atoms with Crippen molar-refractivity contribution in [1.29, 1.82) is 0 Å². The fourth-order valence-electron chi connectivity index (χ4n) is 1.83. The number of carbonyl (C=O) groups is 1. The summed E-state index contributed by atoms with van der Waals surface area (Å²) >= 11 is 12.2. The first kappa shape index (κ1) is 16.5. The van der Waals surface area contributed by atoms with E-state index in [2.05, 4.69) is 15.0 Å². The standard InChI is InChI=1S/C14H13Cl2N3O3/c1-4-22-14(20)11-12(16)18-7(2)10(19-11)8-5-6-17-13(21-3)9(8)15/h5-6H,4H2,1-3H3. The lowest BCUT2D eigenvalue weighted by atomic mass is 10.1. The topological polar surface area (TPSA) is 74.2 Å². The molecule has 0 aliphatic carbocycles. The zero-order valence-corrected chi connectivity index (χ0v) is 13.7. The second kappa shape index (κ2) is 6.89. The molecular formula is C14H13Cl2N3O3. The summed E-state index contributed by atoms with van der Waals surface area (Å²) < 4.78 is 10.00. The van der Waals surface area contributed by atoms with Gasteiger partial charge in [-0.1, -0.05) is 23.2 Å². The molecule has 0 bridgehead atoms. The van der Waals surface area contributed by atoms with Crippen molar-refractivity contribution in [2.45, 2.75) is 13.8 Å². The highest BCUT2D eigenvalue weighted by Gasteiger charge is 2.21. The smallest absolute Gasteiger partial charge is 0.360 e. The fraction of sp³-hybridized carbons (Fsp3) is 0.286. The number of hydrogen-bond donors (Lipinski definition) is 0. The minimum atomic E-state index is -0.640. The van der Waals surface area contributed by atoms with Crippen molar-refractivity contribution in [3.63, 3.8) is 0 Å². The van der Waals surface area contributed by atoms with Crippen LogP contribution in [-0.4, -0.2) is 34.6 Å². The number of pyridine rings is 1. The number of rotatable bonds is 4. The minimum Gasteiger partial charge on any atom is -0.480 e. The highest BCUT2D eigenvalue weighted by Crippen LogP contribution is 2.34. The lowest BCUT2D eigenvalue weighted by molar-refractivity contribution is 0.0519. The maximum Gasteiger partial charge on any atom is 0.360 e. The molecule has 8 heteroatoms. The third-order valence-electron chi connectivity index (χ3n) is 2.80. The van der Waals surface area contributed by atoms with Crippen molar-refractivity contribution in [1.82, 2.24) is 15.0 Å². The highest BCUT2D eigenvalue weighted by atomic mass is 35.5. The number of carbonyl (C=O) groups excluding carboxylic acids is 1. The van der Waals surface area contributed by atoms with Crippen LogP contribution in [-0.2, 0) is 4.74 Å². The van der Waals surface area contributed by atoms with Crippen molar-refractivity contribution in [2.75, 3.05) is 13.7 Å². The van der Waals surface area contributed by atoms with Gasteiger partial charge in [0.15, 0.2) is 10.8 Å². The molecule has 0 N–H and O–H groups in total. The van der Waals surface area contributed by atoms with Gasteiger partial charge in [-0.3, -0.25) is 0 Å². The number of nitrogens with zero attached hydrogens (tertiary/aromatic N) is 3. The van der Waals surface area contributed by atoms with Gasteiger partial charge in [-0.05, 0) is 19.9 Å². The fourth-order valence-corrected chi connectivity index (χ4v) is 2.35. The molecule has 2 rings (SSSR count). The monoisotopic (exact) mass is 341 g/mol. The maximum absolute atomic E-state index is 11.9. The van der Waals surface area contributed by atoms with E-state index in [1.165, 1.54) is 13.3 Å². The number of ether oxygens (including phenoxy) is 2. The van der Waals surface area contributed by atoms with Gasteiger partial charge in [0.1, 0.15) is 5.02 Å². The summed E-state index contributed by atoms with van der Waals surface area (Å²) in [5.74, 6) is -0.383. The summed E-state index contributed by atoms with van der Waals surface area (Å²) in [6.45, 7) is 3.62. The van der Waals surface area contributed by atoms with Crippen molar-refractivity contribution in [2.24, 2.45) is 0 Å². The largest absolute Gasteiger partial charge is 0.480 e. The second-order valence-corrected chi connectivity index (χ2v) is 4.94. The van der Waals surface area contributed by atoms with Crippen LogP contribution in [0.25, 0.3) is 11.3 Å². The van der Waals surface area contributed by atoms with E-state index in [9.17, 15) is 4.79 Å². The van der Waals surface area contributed by atoms with Crippen LogP contribution in [0.5, 0.6) is 5.88 Å². The van der Waals surface area contributed by atoms with Gasteiger partial charge in [0, 0.05) is 11.8 Å². The van der Waals surface area contributed by atoms with Gasteiger partial charge in [0.2, 0.25) is 5.88 Å². The maximum atomic E-state index is 11.9. The molecule has 116 valence electrons. The normalized spacial score (nSPS) is 10.4. The van der Waals surface area contributed by atoms with Crippen LogP contribution in [0.4, 0.5) is 0 Å². The summed E-state index contributed by atoms with van der Waals surface area (Å²) in [5, 5.41) is 0.261. The lowest BCUT2D eigenvalue weighted by Gasteiger charge is -2.11. The quantitative estimate of drug-likeness (QED) is 0.794. The zero-order valence-electron chi connectivity index (χ0n) is 12.2. The average Bonchev–Trinajstić information content (AvgIpc) is 2.48. The summed E-state index contributed by atoms with van der Waals surface area (Å²) in [6.07, 6.45) is 1.53. The molecule has 2 heterocycles. The van der Waals surface area contributed by atoms with Crippen molar-refractivity contribution >= 4 is 29.2 Å². The first-order chi connectivity index (χ1) is 10.5.